The minimum absolute atomic E-state index is 0.00321. The van der Waals surface area contributed by atoms with Crippen LogP contribution in [0.5, 0.6) is 5.75 Å². The van der Waals surface area contributed by atoms with Crippen LogP contribution in [-0.4, -0.2) is 33.7 Å². The zero-order valence-electron chi connectivity index (χ0n) is 14.9. The van der Waals surface area contributed by atoms with Crippen LogP contribution >= 0.6 is 0 Å². The Bertz CT molecular complexity index is 863. The van der Waals surface area contributed by atoms with Crippen LogP contribution in [0.25, 0.3) is 0 Å². The summed E-state index contributed by atoms with van der Waals surface area (Å²) in [6, 6.07) is 4.71. The third kappa shape index (κ3) is 3.47. The maximum absolute atomic E-state index is 12.6. The Hall–Kier alpha value is -2.89. The molecule has 0 aliphatic heterocycles. The highest BCUT2D eigenvalue weighted by Crippen LogP contribution is 2.24. The summed E-state index contributed by atoms with van der Waals surface area (Å²) in [5.74, 6) is -1.53. The number of phenols is 1. The van der Waals surface area contributed by atoms with Crippen molar-refractivity contribution in [2.75, 3.05) is 0 Å². The van der Waals surface area contributed by atoms with Gasteiger partial charge in [-0.3, -0.25) is 9.59 Å². The first-order valence-corrected chi connectivity index (χ1v) is 7.89. The molecule has 25 heavy (non-hydrogen) atoms. The summed E-state index contributed by atoms with van der Waals surface area (Å²) in [5.41, 5.74) is 2.40. The number of esters is 1. The molecule has 0 amide bonds. The van der Waals surface area contributed by atoms with Gasteiger partial charge in [0.2, 0.25) is 5.78 Å². The number of carbonyl (C=O) groups excluding carboxylic acids is 3. The topological polar surface area (TPSA) is 96.5 Å². The number of aromatic hydroxyl groups is 1. The average molecular weight is 343 g/mol. The second-order valence-corrected chi connectivity index (χ2v) is 6.06. The monoisotopic (exact) mass is 343 g/mol. The number of phenolic OH excluding ortho intramolecular Hbond substituents is 1. The lowest BCUT2D eigenvalue weighted by atomic mass is 10.0. The van der Waals surface area contributed by atoms with Gasteiger partial charge in [-0.15, -0.1) is 0 Å². The standard InChI is InChI=1S/C19H21NO5/c1-9-7-6-8-14(17(9)22)19(24)25-13(5)18(23)16-10(2)15(12(4)21)11(3)20-16/h6-8,13,20,22H,1-5H3/t13-/m0/s1. The van der Waals surface area contributed by atoms with Gasteiger partial charge in [0.05, 0.1) is 5.69 Å². The van der Waals surface area contributed by atoms with Gasteiger partial charge in [0.15, 0.2) is 11.9 Å². The van der Waals surface area contributed by atoms with E-state index in [2.05, 4.69) is 4.98 Å². The molecule has 1 aromatic heterocycles. The number of benzene rings is 1. The quantitative estimate of drug-likeness (QED) is 0.641. The van der Waals surface area contributed by atoms with Gasteiger partial charge in [-0.25, -0.2) is 4.79 Å². The number of aromatic amines is 1. The Morgan fingerprint density at radius 1 is 1.16 bits per heavy atom. The average Bonchev–Trinajstić information content (AvgIpc) is 2.83. The molecule has 6 nitrogen and oxygen atoms in total. The molecule has 0 radical (unpaired) electrons. The van der Waals surface area contributed by atoms with Crippen molar-refractivity contribution >= 4 is 17.5 Å². The Morgan fingerprint density at radius 3 is 2.36 bits per heavy atom. The van der Waals surface area contributed by atoms with Crippen molar-refractivity contribution in [2.24, 2.45) is 0 Å². The van der Waals surface area contributed by atoms with E-state index in [1.54, 1.807) is 32.9 Å². The smallest absolute Gasteiger partial charge is 0.342 e. The number of hydrogen-bond donors (Lipinski definition) is 2. The molecular weight excluding hydrogens is 322 g/mol. The third-order valence-corrected chi connectivity index (χ3v) is 4.15. The minimum Gasteiger partial charge on any atom is -0.507 e. The Kier molecular flexibility index (Phi) is 5.11. The summed E-state index contributed by atoms with van der Waals surface area (Å²) in [7, 11) is 0. The molecule has 1 aromatic carbocycles. The molecule has 2 aromatic rings. The van der Waals surface area contributed by atoms with Crippen LogP contribution in [0.1, 0.15) is 61.9 Å². The number of hydrogen-bond acceptors (Lipinski definition) is 5. The lowest BCUT2D eigenvalue weighted by molar-refractivity contribution is 0.0314. The predicted molar refractivity (Wildman–Crippen MR) is 92.3 cm³/mol. The maximum Gasteiger partial charge on any atom is 0.342 e. The Morgan fingerprint density at radius 2 is 1.80 bits per heavy atom. The molecule has 0 bridgehead atoms. The van der Waals surface area contributed by atoms with Crippen LogP contribution in [-0.2, 0) is 4.74 Å². The van der Waals surface area contributed by atoms with Crippen molar-refractivity contribution in [3.8, 4) is 5.75 Å². The van der Waals surface area contributed by atoms with Gasteiger partial charge in [-0.05, 0) is 51.8 Å². The molecule has 2 rings (SSSR count). The number of H-pyrrole nitrogens is 1. The molecule has 0 saturated carbocycles. The molecule has 0 fully saturated rings. The van der Waals surface area contributed by atoms with Gasteiger partial charge >= 0.3 is 5.97 Å². The Labute approximate surface area is 145 Å². The fourth-order valence-corrected chi connectivity index (χ4v) is 2.83. The number of ketones is 2. The summed E-state index contributed by atoms with van der Waals surface area (Å²) >= 11 is 0. The number of Topliss-reactive ketones (excluding diaryl/α,β-unsaturated/α-hetero) is 2. The number of aromatic nitrogens is 1. The molecule has 0 unspecified atom stereocenters. The summed E-state index contributed by atoms with van der Waals surface area (Å²) in [4.78, 5) is 39.4. The number of nitrogens with one attached hydrogen (secondary N) is 1. The van der Waals surface area contributed by atoms with Crippen molar-refractivity contribution in [3.63, 3.8) is 0 Å². The highest BCUT2D eigenvalue weighted by Gasteiger charge is 2.27. The second kappa shape index (κ2) is 6.93. The van der Waals surface area contributed by atoms with Gasteiger partial charge in [0.1, 0.15) is 11.3 Å². The van der Waals surface area contributed by atoms with E-state index < -0.39 is 17.9 Å². The first-order chi connectivity index (χ1) is 11.6. The SMILES string of the molecule is CC(=O)c1c(C)[nH]c(C(=O)[C@H](C)OC(=O)c2cccc(C)c2O)c1C. The van der Waals surface area contributed by atoms with Gasteiger partial charge in [-0.2, -0.15) is 0 Å². The van der Waals surface area contributed by atoms with Crippen LogP contribution in [0.15, 0.2) is 18.2 Å². The highest BCUT2D eigenvalue weighted by molar-refractivity contribution is 6.05. The largest absolute Gasteiger partial charge is 0.507 e. The zero-order chi connectivity index (χ0) is 18.9. The predicted octanol–water partition coefficient (Wildman–Crippen LogP) is 3.28. The molecule has 2 N–H and O–H groups in total. The van der Waals surface area contributed by atoms with Crippen LogP contribution < -0.4 is 0 Å². The number of ether oxygens (including phenoxy) is 1. The van der Waals surface area contributed by atoms with E-state index >= 15 is 0 Å². The fraction of sp³-hybridized carbons (Fsp3) is 0.316. The summed E-state index contributed by atoms with van der Waals surface area (Å²) in [6.07, 6.45) is -1.07. The van der Waals surface area contributed by atoms with E-state index in [0.717, 1.165) is 0 Å². The van der Waals surface area contributed by atoms with Gasteiger partial charge in [-0.1, -0.05) is 12.1 Å². The lowest BCUT2D eigenvalue weighted by Crippen LogP contribution is -2.25. The minimum atomic E-state index is -1.07. The summed E-state index contributed by atoms with van der Waals surface area (Å²) in [6.45, 7) is 7.93. The molecular formula is C19H21NO5. The summed E-state index contributed by atoms with van der Waals surface area (Å²) in [5, 5.41) is 9.95. The highest BCUT2D eigenvalue weighted by atomic mass is 16.5. The van der Waals surface area contributed by atoms with E-state index in [0.29, 0.717) is 22.4 Å². The van der Waals surface area contributed by atoms with Crippen molar-refractivity contribution in [1.82, 2.24) is 4.98 Å². The van der Waals surface area contributed by atoms with Gasteiger partial charge in [0.25, 0.3) is 0 Å². The Balaban J connectivity index is 2.24. The van der Waals surface area contributed by atoms with Crippen molar-refractivity contribution in [3.05, 3.63) is 51.8 Å². The van der Waals surface area contributed by atoms with Crippen LogP contribution in [0.4, 0.5) is 0 Å². The summed E-state index contributed by atoms with van der Waals surface area (Å²) < 4.78 is 5.20. The molecule has 1 atom stereocenters. The number of rotatable bonds is 5. The molecule has 0 spiro atoms. The van der Waals surface area contributed by atoms with Crippen LogP contribution in [0, 0.1) is 20.8 Å². The van der Waals surface area contributed by atoms with E-state index in [9.17, 15) is 19.5 Å². The normalized spacial score (nSPS) is 11.9. The maximum atomic E-state index is 12.6. The first-order valence-electron chi connectivity index (χ1n) is 7.89. The van der Waals surface area contributed by atoms with Crippen molar-refractivity contribution < 1.29 is 24.2 Å². The van der Waals surface area contributed by atoms with E-state index in [-0.39, 0.29) is 22.8 Å². The van der Waals surface area contributed by atoms with Crippen molar-refractivity contribution in [2.45, 2.75) is 40.7 Å². The van der Waals surface area contributed by atoms with E-state index in [4.69, 9.17) is 4.74 Å². The fourth-order valence-electron chi connectivity index (χ4n) is 2.83. The lowest BCUT2D eigenvalue weighted by Gasteiger charge is -2.13. The molecule has 0 aliphatic carbocycles. The van der Waals surface area contributed by atoms with Crippen LogP contribution in [0.3, 0.4) is 0 Å². The molecule has 0 saturated heterocycles. The zero-order valence-corrected chi connectivity index (χ0v) is 14.9. The first kappa shape index (κ1) is 18.4. The second-order valence-electron chi connectivity index (χ2n) is 6.06. The number of para-hydroxylation sites is 1. The molecule has 0 aliphatic rings. The molecule has 132 valence electrons. The van der Waals surface area contributed by atoms with Gasteiger partial charge < -0.3 is 14.8 Å². The van der Waals surface area contributed by atoms with Gasteiger partial charge in [0, 0.05) is 11.3 Å². The molecule has 1 heterocycles. The van der Waals surface area contributed by atoms with Crippen LogP contribution in [0.2, 0.25) is 0 Å². The van der Waals surface area contributed by atoms with Crippen molar-refractivity contribution in [1.29, 1.82) is 0 Å². The third-order valence-electron chi connectivity index (χ3n) is 4.15. The van der Waals surface area contributed by atoms with E-state index in [1.165, 1.54) is 19.9 Å². The molecule has 6 heteroatoms. The van der Waals surface area contributed by atoms with E-state index in [1.807, 2.05) is 0 Å². The number of aryl methyl sites for hydroxylation is 2. The number of carbonyl (C=O) groups is 3.